The number of aromatic hydroxyl groups is 1. The summed E-state index contributed by atoms with van der Waals surface area (Å²) in [5.74, 6) is 0.200. The molecule has 4 aromatic carbocycles. The highest BCUT2D eigenvalue weighted by Crippen LogP contribution is 2.44. The first-order chi connectivity index (χ1) is 18.8. The molecule has 0 aliphatic rings. The van der Waals surface area contributed by atoms with Crippen molar-refractivity contribution in [2.24, 2.45) is 0 Å². The van der Waals surface area contributed by atoms with Crippen LogP contribution in [0, 0.1) is 0 Å². The van der Waals surface area contributed by atoms with Crippen LogP contribution in [0.1, 0.15) is 22.5 Å². The molecule has 0 amide bonds. The van der Waals surface area contributed by atoms with E-state index in [2.05, 4.69) is 78.9 Å². The van der Waals surface area contributed by atoms with Crippen molar-refractivity contribution in [2.75, 3.05) is 0 Å². The van der Waals surface area contributed by atoms with Crippen molar-refractivity contribution in [1.82, 2.24) is 9.97 Å². The second-order valence-corrected chi connectivity index (χ2v) is 9.18. The van der Waals surface area contributed by atoms with Crippen LogP contribution >= 0.6 is 0 Å². The lowest BCUT2D eigenvalue weighted by atomic mass is 9.69. The number of hydrogen-bond donors (Lipinski definition) is 1. The van der Waals surface area contributed by atoms with Gasteiger partial charge in [-0.25, -0.2) is 0 Å². The fraction of sp³-hybridized carbons (Fsp3) is 0.0286. The van der Waals surface area contributed by atoms with Gasteiger partial charge < -0.3 is 5.11 Å². The Bertz CT molecular complexity index is 1630. The highest BCUT2D eigenvalue weighted by molar-refractivity contribution is 5.68. The van der Waals surface area contributed by atoms with Gasteiger partial charge in [-0.2, -0.15) is 0 Å². The molecule has 0 aliphatic carbocycles. The van der Waals surface area contributed by atoms with Gasteiger partial charge in [0.2, 0.25) is 0 Å². The first-order valence-corrected chi connectivity index (χ1v) is 12.7. The van der Waals surface area contributed by atoms with Crippen LogP contribution in [0.25, 0.3) is 22.5 Å². The average molecular weight is 491 g/mol. The van der Waals surface area contributed by atoms with Crippen molar-refractivity contribution >= 4 is 0 Å². The summed E-state index contributed by atoms with van der Waals surface area (Å²) >= 11 is 0. The number of phenols is 1. The molecule has 6 rings (SSSR count). The average Bonchev–Trinajstić information content (AvgIpc) is 3.00. The van der Waals surface area contributed by atoms with Crippen LogP contribution in [0.15, 0.2) is 152 Å². The lowest BCUT2D eigenvalue weighted by molar-refractivity contribution is 0.477. The standard InChI is InChI=1S/C35H26N2O/c38-32-23-11-10-20-29(32)31-22-13-25-34(37-31)35(27-16-6-2-7-17-27,28-18-8-3-9-19-28)33-24-12-21-30(36-33)26-14-4-1-5-15-26/h1-25,38H. The van der Waals surface area contributed by atoms with E-state index < -0.39 is 5.41 Å². The molecule has 3 heteroatoms. The molecule has 6 aromatic rings. The van der Waals surface area contributed by atoms with Crippen LogP contribution in [0.4, 0.5) is 0 Å². The van der Waals surface area contributed by atoms with Gasteiger partial charge in [0.15, 0.2) is 0 Å². The van der Waals surface area contributed by atoms with Gasteiger partial charge in [0.1, 0.15) is 11.2 Å². The summed E-state index contributed by atoms with van der Waals surface area (Å²) in [5, 5.41) is 10.6. The zero-order chi connectivity index (χ0) is 25.8. The number of para-hydroxylation sites is 1. The van der Waals surface area contributed by atoms with E-state index in [9.17, 15) is 5.11 Å². The second kappa shape index (κ2) is 10.2. The highest BCUT2D eigenvalue weighted by atomic mass is 16.3. The van der Waals surface area contributed by atoms with Crippen molar-refractivity contribution in [3.63, 3.8) is 0 Å². The van der Waals surface area contributed by atoms with E-state index in [4.69, 9.17) is 9.97 Å². The van der Waals surface area contributed by atoms with Gasteiger partial charge in [-0.15, -0.1) is 0 Å². The van der Waals surface area contributed by atoms with Gasteiger partial charge >= 0.3 is 0 Å². The second-order valence-electron chi connectivity index (χ2n) is 9.18. The lowest BCUT2D eigenvalue weighted by Gasteiger charge is -2.35. The minimum atomic E-state index is -0.798. The third kappa shape index (κ3) is 4.14. The molecule has 38 heavy (non-hydrogen) atoms. The van der Waals surface area contributed by atoms with Crippen LogP contribution < -0.4 is 0 Å². The summed E-state index contributed by atoms with van der Waals surface area (Å²) in [5.41, 5.74) is 6.37. The van der Waals surface area contributed by atoms with Gasteiger partial charge in [0.05, 0.1) is 22.8 Å². The summed E-state index contributed by atoms with van der Waals surface area (Å²) in [6, 6.07) is 50.6. The van der Waals surface area contributed by atoms with Gasteiger partial charge in [-0.3, -0.25) is 9.97 Å². The van der Waals surface area contributed by atoms with Gasteiger partial charge in [-0.1, -0.05) is 115 Å². The monoisotopic (exact) mass is 490 g/mol. The van der Waals surface area contributed by atoms with E-state index in [-0.39, 0.29) is 5.75 Å². The maximum atomic E-state index is 10.6. The molecule has 0 saturated heterocycles. The fourth-order valence-corrected chi connectivity index (χ4v) is 5.16. The van der Waals surface area contributed by atoms with Crippen molar-refractivity contribution in [3.8, 4) is 28.3 Å². The van der Waals surface area contributed by atoms with Crippen LogP contribution in [0.5, 0.6) is 5.75 Å². The SMILES string of the molecule is Oc1ccccc1-c1cccc(C(c2ccccc2)(c2ccccc2)c2cccc(-c3ccccc3)n2)n1. The molecule has 0 radical (unpaired) electrons. The predicted molar refractivity (Wildman–Crippen MR) is 153 cm³/mol. The van der Waals surface area contributed by atoms with E-state index >= 15 is 0 Å². The Morgan fingerprint density at radius 2 is 0.895 bits per heavy atom. The zero-order valence-electron chi connectivity index (χ0n) is 20.8. The van der Waals surface area contributed by atoms with Crippen molar-refractivity contribution in [2.45, 2.75) is 5.41 Å². The summed E-state index contributed by atoms with van der Waals surface area (Å²) < 4.78 is 0. The number of benzene rings is 4. The molecule has 0 fully saturated rings. The maximum Gasteiger partial charge on any atom is 0.124 e. The van der Waals surface area contributed by atoms with E-state index in [0.717, 1.165) is 33.8 Å². The van der Waals surface area contributed by atoms with E-state index in [1.807, 2.05) is 66.7 Å². The maximum absolute atomic E-state index is 10.6. The van der Waals surface area contributed by atoms with E-state index in [0.29, 0.717) is 11.3 Å². The fourth-order valence-electron chi connectivity index (χ4n) is 5.16. The minimum Gasteiger partial charge on any atom is -0.507 e. The third-order valence-corrected chi connectivity index (χ3v) is 6.93. The number of hydrogen-bond acceptors (Lipinski definition) is 3. The summed E-state index contributed by atoms with van der Waals surface area (Å²) in [6.45, 7) is 0. The molecular weight excluding hydrogens is 464 g/mol. The quantitative estimate of drug-likeness (QED) is 0.258. The number of rotatable bonds is 6. The highest BCUT2D eigenvalue weighted by Gasteiger charge is 2.41. The van der Waals surface area contributed by atoms with Crippen LogP contribution in [-0.4, -0.2) is 15.1 Å². The Kier molecular flexibility index (Phi) is 6.25. The first-order valence-electron chi connectivity index (χ1n) is 12.7. The van der Waals surface area contributed by atoms with E-state index in [1.165, 1.54) is 0 Å². The molecule has 0 spiro atoms. The Morgan fingerprint density at radius 1 is 0.421 bits per heavy atom. The molecule has 0 saturated carbocycles. The summed E-state index contributed by atoms with van der Waals surface area (Å²) in [6.07, 6.45) is 0. The minimum absolute atomic E-state index is 0.200. The molecule has 0 atom stereocenters. The zero-order valence-corrected chi connectivity index (χ0v) is 20.8. The molecule has 0 aliphatic heterocycles. The van der Waals surface area contributed by atoms with Gasteiger partial charge in [0, 0.05) is 11.1 Å². The first kappa shape index (κ1) is 23.4. The Morgan fingerprint density at radius 3 is 1.47 bits per heavy atom. The summed E-state index contributed by atoms with van der Waals surface area (Å²) in [4.78, 5) is 10.5. The van der Waals surface area contributed by atoms with Crippen molar-refractivity contribution in [1.29, 1.82) is 0 Å². The predicted octanol–water partition coefficient (Wildman–Crippen LogP) is 7.90. The lowest BCUT2D eigenvalue weighted by Crippen LogP contribution is -2.33. The van der Waals surface area contributed by atoms with Crippen LogP contribution in [-0.2, 0) is 5.41 Å². The number of aromatic nitrogens is 2. The van der Waals surface area contributed by atoms with Gasteiger partial charge in [-0.05, 0) is 47.5 Å². The number of nitrogens with zero attached hydrogens (tertiary/aromatic N) is 2. The largest absolute Gasteiger partial charge is 0.507 e. The normalized spacial score (nSPS) is 11.3. The molecule has 2 heterocycles. The molecule has 0 unspecified atom stereocenters. The topological polar surface area (TPSA) is 46.0 Å². The summed E-state index contributed by atoms with van der Waals surface area (Å²) in [7, 11) is 0. The van der Waals surface area contributed by atoms with Crippen molar-refractivity contribution in [3.05, 3.63) is 174 Å². The van der Waals surface area contributed by atoms with Crippen LogP contribution in [0.2, 0.25) is 0 Å². The number of pyridine rings is 2. The molecular formula is C35H26N2O. The number of phenolic OH excluding ortho intramolecular Hbond substituents is 1. The van der Waals surface area contributed by atoms with Crippen molar-refractivity contribution < 1.29 is 5.11 Å². The Balaban J connectivity index is 1.68. The van der Waals surface area contributed by atoms with Gasteiger partial charge in [0.25, 0.3) is 0 Å². The third-order valence-electron chi connectivity index (χ3n) is 6.93. The molecule has 182 valence electrons. The van der Waals surface area contributed by atoms with Crippen LogP contribution in [0.3, 0.4) is 0 Å². The smallest absolute Gasteiger partial charge is 0.124 e. The molecule has 0 bridgehead atoms. The molecule has 3 nitrogen and oxygen atoms in total. The Hall–Kier alpha value is -5.02. The Labute approximate surface area is 222 Å². The van der Waals surface area contributed by atoms with E-state index in [1.54, 1.807) is 6.07 Å². The molecule has 1 N–H and O–H groups in total. The molecule has 2 aromatic heterocycles.